The third-order valence-electron chi connectivity index (χ3n) is 5.54. The molecule has 148 valence electrons. The van der Waals surface area contributed by atoms with Gasteiger partial charge in [-0.1, -0.05) is 13.3 Å². The van der Waals surface area contributed by atoms with Crippen LogP contribution in [0.2, 0.25) is 0 Å². The molecule has 0 N–H and O–H groups in total. The molecular formula is C19H29N5O3. The number of hydrogen-bond acceptors (Lipinski definition) is 4. The lowest BCUT2D eigenvalue weighted by molar-refractivity contribution is -0.145. The molecular weight excluding hydrogens is 346 g/mol. The lowest BCUT2D eigenvalue weighted by Crippen LogP contribution is -2.51. The van der Waals surface area contributed by atoms with Crippen molar-refractivity contribution in [2.24, 2.45) is 13.0 Å². The first kappa shape index (κ1) is 19.4. The lowest BCUT2D eigenvalue weighted by Gasteiger charge is -2.35. The molecule has 1 aromatic heterocycles. The molecule has 0 aromatic carbocycles. The van der Waals surface area contributed by atoms with E-state index in [1.807, 2.05) is 6.07 Å². The summed E-state index contributed by atoms with van der Waals surface area (Å²) in [5.74, 6) is -0.415. The Labute approximate surface area is 160 Å². The first-order valence-corrected chi connectivity index (χ1v) is 9.64. The van der Waals surface area contributed by atoms with E-state index < -0.39 is 0 Å². The Bertz CT molecular complexity index is 742. The van der Waals surface area contributed by atoms with Gasteiger partial charge in [-0.3, -0.25) is 19.1 Å². The van der Waals surface area contributed by atoms with E-state index in [1.54, 1.807) is 35.6 Å². The molecule has 4 rings (SSSR count). The first-order valence-electron chi connectivity index (χ1n) is 9.64. The number of aryl methyl sites for hydroxylation is 2. The van der Waals surface area contributed by atoms with E-state index >= 15 is 0 Å². The highest BCUT2D eigenvalue weighted by Crippen LogP contribution is 2.30. The Morgan fingerprint density at radius 1 is 1.26 bits per heavy atom. The highest BCUT2D eigenvalue weighted by Gasteiger charge is 2.43. The Morgan fingerprint density at radius 3 is 2.67 bits per heavy atom. The molecule has 0 spiro atoms. The Kier molecular flexibility index (Phi) is 5.53. The smallest absolute Gasteiger partial charge is 0.272 e. The van der Waals surface area contributed by atoms with Crippen molar-refractivity contribution >= 4 is 17.7 Å². The Hall–Kier alpha value is -2.38. The van der Waals surface area contributed by atoms with E-state index in [4.69, 9.17) is 0 Å². The number of hydrogen-bond donors (Lipinski definition) is 0. The fourth-order valence-corrected chi connectivity index (χ4v) is 3.97. The standard InChI is InChI=1S/C19H29N5O3/c1-5-6-14-9-16(22(4)20-14)19(27)23-10-13-7-8-15(11-23)24(18(13)26)12-17(25)21(2)3/h9,13,15H,5-8,10-12H2,1-4H3/t13-,15+/m1/s1. The highest BCUT2D eigenvalue weighted by molar-refractivity contribution is 5.94. The molecule has 27 heavy (non-hydrogen) atoms. The summed E-state index contributed by atoms with van der Waals surface area (Å²) in [5, 5.41) is 4.42. The molecule has 3 saturated heterocycles. The summed E-state index contributed by atoms with van der Waals surface area (Å²) in [4.78, 5) is 43.0. The molecule has 3 aliphatic rings. The van der Waals surface area contributed by atoms with Gasteiger partial charge >= 0.3 is 0 Å². The van der Waals surface area contributed by atoms with E-state index in [2.05, 4.69) is 12.0 Å². The minimum Gasteiger partial charge on any atom is -0.347 e. The SMILES string of the molecule is CCCc1cc(C(=O)N2C[C@H]3CC[C@@H](C2)N(CC(=O)N(C)C)C3=O)n(C)n1. The van der Waals surface area contributed by atoms with Crippen LogP contribution in [0.25, 0.3) is 0 Å². The van der Waals surface area contributed by atoms with E-state index in [-0.39, 0.29) is 36.2 Å². The van der Waals surface area contributed by atoms with Gasteiger partial charge in [-0.2, -0.15) is 5.10 Å². The molecule has 0 aliphatic carbocycles. The van der Waals surface area contributed by atoms with Gasteiger partial charge in [0.25, 0.3) is 5.91 Å². The summed E-state index contributed by atoms with van der Waals surface area (Å²) in [6.07, 6.45) is 3.41. The zero-order chi connectivity index (χ0) is 19.7. The van der Waals surface area contributed by atoms with Crippen LogP contribution in [-0.2, 0) is 23.1 Å². The number of likely N-dealkylation sites (N-methyl/N-ethyl adjacent to an activating group) is 1. The fourth-order valence-electron chi connectivity index (χ4n) is 3.97. The van der Waals surface area contributed by atoms with Crippen molar-refractivity contribution in [3.63, 3.8) is 0 Å². The van der Waals surface area contributed by atoms with Crippen molar-refractivity contribution in [3.05, 3.63) is 17.5 Å². The van der Waals surface area contributed by atoms with Crippen LogP contribution in [0.15, 0.2) is 6.07 Å². The van der Waals surface area contributed by atoms with Crippen LogP contribution in [-0.4, -0.2) is 82.0 Å². The monoisotopic (exact) mass is 375 g/mol. The molecule has 4 heterocycles. The Balaban J connectivity index is 1.79. The summed E-state index contributed by atoms with van der Waals surface area (Å²) in [7, 11) is 5.16. The third kappa shape index (κ3) is 3.84. The van der Waals surface area contributed by atoms with Gasteiger partial charge in [0.1, 0.15) is 12.2 Å². The lowest BCUT2D eigenvalue weighted by atomic mass is 9.94. The van der Waals surface area contributed by atoms with E-state index in [0.717, 1.165) is 31.4 Å². The summed E-state index contributed by atoms with van der Waals surface area (Å²) < 4.78 is 1.63. The molecule has 8 nitrogen and oxygen atoms in total. The van der Waals surface area contributed by atoms with E-state index in [9.17, 15) is 14.4 Å². The Morgan fingerprint density at radius 2 is 2.00 bits per heavy atom. The van der Waals surface area contributed by atoms with Crippen LogP contribution in [0.4, 0.5) is 0 Å². The van der Waals surface area contributed by atoms with E-state index in [1.165, 1.54) is 4.90 Å². The number of fused-ring (bicyclic) bond motifs is 4. The zero-order valence-corrected chi connectivity index (χ0v) is 16.6. The second-order valence-electron chi connectivity index (χ2n) is 7.79. The van der Waals surface area contributed by atoms with Crippen LogP contribution < -0.4 is 0 Å². The zero-order valence-electron chi connectivity index (χ0n) is 16.6. The maximum Gasteiger partial charge on any atom is 0.272 e. The van der Waals surface area contributed by atoms with Gasteiger partial charge in [-0.05, 0) is 25.3 Å². The normalized spacial score (nSPS) is 22.1. The summed E-state index contributed by atoms with van der Waals surface area (Å²) in [6, 6.07) is 1.75. The van der Waals surface area contributed by atoms with Gasteiger partial charge in [0.15, 0.2) is 0 Å². The van der Waals surface area contributed by atoms with Crippen molar-refractivity contribution in [1.82, 2.24) is 24.5 Å². The third-order valence-corrected chi connectivity index (χ3v) is 5.54. The number of aromatic nitrogens is 2. The van der Waals surface area contributed by atoms with Gasteiger partial charge in [0.2, 0.25) is 11.8 Å². The van der Waals surface area contributed by atoms with Crippen molar-refractivity contribution in [2.75, 3.05) is 33.7 Å². The average Bonchev–Trinajstić information content (AvgIpc) is 2.80. The second-order valence-corrected chi connectivity index (χ2v) is 7.79. The van der Waals surface area contributed by atoms with Gasteiger partial charge in [0.05, 0.1) is 11.6 Å². The fraction of sp³-hybridized carbons (Fsp3) is 0.684. The van der Waals surface area contributed by atoms with Crippen LogP contribution in [0, 0.1) is 5.92 Å². The quantitative estimate of drug-likeness (QED) is 0.752. The minimum atomic E-state index is -0.231. The van der Waals surface area contributed by atoms with Crippen molar-refractivity contribution in [3.8, 4) is 0 Å². The predicted molar refractivity (Wildman–Crippen MR) is 100 cm³/mol. The van der Waals surface area contributed by atoms with E-state index in [0.29, 0.717) is 18.8 Å². The van der Waals surface area contributed by atoms with Gasteiger partial charge in [0, 0.05) is 40.3 Å². The highest BCUT2D eigenvalue weighted by atomic mass is 16.2. The number of amides is 3. The number of carbonyl (C=O) groups is 3. The molecule has 1 aromatic rings. The van der Waals surface area contributed by atoms with Crippen LogP contribution in [0.5, 0.6) is 0 Å². The molecule has 0 saturated carbocycles. The molecule has 3 amide bonds. The number of piperidine rings is 1. The van der Waals surface area contributed by atoms with Crippen LogP contribution >= 0.6 is 0 Å². The summed E-state index contributed by atoms with van der Waals surface area (Å²) >= 11 is 0. The number of nitrogens with zero attached hydrogens (tertiary/aromatic N) is 5. The molecule has 2 atom stereocenters. The maximum absolute atomic E-state index is 13.1. The molecule has 0 radical (unpaired) electrons. The molecule has 2 bridgehead atoms. The van der Waals surface area contributed by atoms with Gasteiger partial charge < -0.3 is 14.7 Å². The maximum atomic E-state index is 13.1. The summed E-state index contributed by atoms with van der Waals surface area (Å²) in [5.41, 5.74) is 1.47. The number of rotatable bonds is 5. The van der Waals surface area contributed by atoms with Gasteiger partial charge in [-0.25, -0.2) is 0 Å². The molecule has 8 heteroatoms. The number of carbonyl (C=O) groups excluding carboxylic acids is 3. The van der Waals surface area contributed by atoms with Crippen molar-refractivity contribution in [1.29, 1.82) is 0 Å². The average molecular weight is 375 g/mol. The largest absolute Gasteiger partial charge is 0.347 e. The topological polar surface area (TPSA) is 78.8 Å². The van der Waals surface area contributed by atoms with Crippen molar-refractivity contribution in [2.45, 2.75) is 38.6 Å². The minimum absolute atomic E-state index is 0.00609. The van der Waals surface area contributed by atoms with Crippen LogP contribution in [0.1, 0.15) is 42.4 Å². The predicted octanol–water partition coefficient (Wildman–Crippen LogP) is 0.524. The van der Waals surface area contributed by atoms with Crippen LogP contribution in [0.3, 0.4) is 0 Å². The van der Waals surface area contributed by atoms with Crippen molar-refractivity contribution < 1.29 is 14.4 Å². The first-order chi connectivity index (χ1) is 12.8. The molecule has 3 aliphatic heterocycles. The molecule has 0 unspecified atom stereocenters. The molecule has 3 fully saturated rings. The van der Waals surface area contributed by atoms with Gasteiger partial charge in [-0.15, -0.1) is 0 Å². The second kappa shape index (κ2) is 7.70. The summed E-state index contributed by atoms with van der Waals surface area (Å²) in [6.45, 7) is 3.05.